The molecule has 0 aromatic carbocycles. The van der Waals surface area contributed by atoms with E-state index in [4.69, 9.17) is 16.9 Å². The van der Waals surface area contributed by atoms with Gasteiger partial charge in [-0.3, -0.25) is 29.4 Å². The van der Waals surface area contributed by atoms with E-state index in [-0.39, 0.29) is 59.8 Å². The number of hydrogen-bond acceptors (Lipinski definition) is 6. The van der Waals surface area contributed by atoms with Crippen LogP contribution in [0.5, 0.6) is 0 Å². The number of carbonyl (C=O) groups excluding carboxylic acids is 5. The number of anilines is 3. The second kappa shape index (κ2) is 13.7. The number of rotatable bonds is 11. The third-order valence-corrected chi connectivity index (χ3v) is 6.69. The van der Waals surface area contributed by atoms with Crippen molar-refractivity contribution in [3.8, 4) is 0 Å². The Labute approximate surface area is 263 Å². The number of aryl methyl sites for hydroxylation is 4. The summed E-state index contributed by atoms with van der Waals surface area (Å²) < 4.78 is 6.11. The van der Waals surface area contributed by atoms with Gasteiger partial charge in [0.2, 0.25) is 5.91 Å². The number of hydrogen-bond donors (Lipinski definition) is 7. The van der Waals surface area contributed by atoms with Gasteiger partial charge in [-0.2, -0.15) is 0 Å². The van der Waals surface area contributed by atoms with Crippen molar-refractivity contribution in [3.05, 3.63) is 77.4 Å². The van der Waals surface area contributed by atoms with Crippen molar-refractivity contribution < 1.29 is 24.0 Å². The summed E-state index contributed by atoms with van der Waals surface area (Å²) in [6.07, 6.45) is 6.40. The molecule has 4 rings (SSSR count). The van der Waals surface area contributed by atoms with E-state index < -0.39 is 23.6 Å². The van der Waals surface area contributed by atoms with E-state index in [0.717, 1.165) is 0 Å². The van der Waals surface area contributed by atoms with Crippen LogP contribution < -0.4 is 32.7 Å². The quantitative estimate of drug-likeness (QED) is 0.0946. The lowest BCUT2D eigenvalue weighted by Gasteiger charge is -2.04. The van der Waals surface area contributed by atoms with Crippen LogP contribution in [0.3, 0.4) is 0 Å². The molecule has 0 aliphatic rings. The zero-order chi connectivity index (χ0) is 32.3. The highest BCUT2D eigenvalue weighted by Gasteiger charge is 2.20. The van der Waals surface area contributed by atoms with Crippen molar-refractivity contribution >= 4 is 64.8 Å². The van der Waals surface area contributed by atoms with Crippen molar-refractivity contribution in [2.24, 2.45) is 39.7 Å². The molecule has 0 unspecified atom stereocenters. The molecular formula is C28H34ClN11O5. The molecule has 238 valence electrons. The van der Waals surface area contributed by atoms with Crippen LogP contribution in [0.4, 0.5) is 17.1 Å². The second-order valence-electron chi connectivity index (χ2n) is 10.2. The molecule has 16 nitrogen and oxygen atoms in total. The highest BCUT2D eigenvalue weighted by atomic mass is 35.5. The van der Waals surface area contributed by atoms with E-state index in [0.29, 0.717) is 22.8 Å². The smallest absolute Gasteiger partial charge is 0.272 e. The zero-order valence-electron chi connectivity index (χ0n) is 24.9. The van der Waals surface area contributed by atoms with E-state index in [2.05, 4.69) is 21.3 Å². The maximum atomic E-state index is 13.1. The van der Waals surface area contributed by atoms with Crippen LogP contribution in [0.15, 0.2) is 49.1 Å². The first-order valence-corrected chi connectivity index (χ1v) is 13.2. The van der Waals surface area contributed by atoms with Crippen LogP contribution in [0, 0.1) is 5.41 Å². The molecule has 0 atom stereocenters. The lowest BCUT2D eigenvalue weighted by atomic mass is 10.3. The predicted octanol–water partition coefficient (Wildman–Crippen LogP) is 1.37. The fourth-order valence-corrected chi connectivity index (χ4v) is 4.49. The van der Waals surface area contributed by atoms with Crippen molar-refractivity contribution in [3.63, 3.8) is 0 Å². The molecule has 17 heteroatoms. The molecule has 4 aromatic heterocycles. The van der Waals surface area contributed by atoms with Crippen LogP contribution in [0.2, 0.25) is 0 Å². The maximum Gasteiger partial charge on any atom is 0.272 e. The van der Waals surface area contributed by atoms with Gasteiger partial charge in [-0.05, 0) is 24.3 Å². The average molecular weight is 640 g/mol. The summed E-state index contributed by atoms with van der Waals surface area (Å²) in [6.45, 7) is 0.213. The number of nitrogens with two attached hydrogens (primary N) is 2. The number of nitrogens with zero attached hydrogens (tertiary/aromatic N) is 4. The Morgan fingerprint density at radius 1 is 0.622 bits per heavy atom. The van der Waals surface area contributed by atoms with Gasteiger partial charge in [0.05, 0.1) is 28.5 Å². The summed E-state index contributed by atoms with van der Waals surface area (Å²) in [4.78, 5) is 62.7. The molecule has 0 spiro atoms. The van der Waals surface area contributed by atoms with Crippen LogP contribution >= 0.6 is 12.4 Å². The Kier molecular flexibility index (Phi) is 10.3. The van der Waals surface area contributed by atoms with Gasteiger partial charge in [0, 0.05) is 65.9 Å². The molecule has 4 aromatic rings. The van der Waals surface area contributed by atoms with Gasteiger partial charge in [0.1, 0.15) is 22.8 Å². The Bertz CT molecular complexity index is 1810. The number of primary amides is 1. The summed E-state index contributed by atoms with van der Waals surface area (Å²) in [5.41, 5.74) is 12.9. The number of amidine groups is 1. The topological polar surface area (TPSA) is 229 Å². The molecule has 5 amide bonds. The Morgan fingerprint density at radius 3 is 1.33 bits per heavy atom. The molecule has 0 fully saturated rings. The highest BCUT2D eigenvalue weighted by Crippen LogP contribution is 2.20. The molecule has 9 N–H and O–H groups in total. The molecule has 0 saturated carbocycles. The first kappa shape index (κ1) is 33.7. The molecular weight excluding hydrogens is 606 g/mol. The second-order valence-corrected chi connectivity index (χ2v) is 10.2. The van der Waals surface area contributed by atoms with E-state index in [1.807, 2.05) is 0 Å². The van der Waals surface area contributed by atoms with Crippen LogP contribution in [0.1, 0.15) is 58.7 Å². The van der Waals surface area contributed by atoms with Gasteiger partial charge in [0.25, 0.3) is 23.6 Å². The first-order chi connectivity index (χ1) is 20.7. The van der Waals surface area contributed by atoms with Crippen LogP contribution in [0.25, 0.3) is 0 Å². The lowest BCUT2D eigenvalue weighted by Crippen LogP contribution is -2.28. The van der Waals surface area contributed by atoms with Gasteiger partial charge in [-0.25, -0.2) is 0 Å². The molecule has 4 heterocycles. The Morgan fingerprint density at radius 2 is 0.978 bits per heavy atom. The van der Waals surface area contributed by atoms with Crippen molar-refractivity contribution in [1.29, 1.82) is 5.41 Å². The zero-order valence-corrected chi connectivity index (χ0v) is 25.7. The lowest BCUT2D eigenvalue weighted by molar-refractivity contribution is 0.0943. The standard InChI is InChI=1S/C28H33N11O5.ClH/c1-36-11-15(24(31)40)7-19(36)26(42)33-17-9-21(38(3)13-17)28(44)35-18-10-22(39(4)14-18)27(43)34-16-8-20(37(2)12-16)25(41)32-6-5-23(29)30;/h7-14H,5-6H2,1-4H3,(H3,29,30)(H2,31,40)(H,32,41)(H,33,42)(H,34,43)(H,35,44);1H. The van der Waals surface area contributed by atoms with Gasteiger partial charge in [-0.15, -0.1) is 12.4 Å². The molecule has 0 bridgehead atoms. The minimum absolute atomic E-state index is 0. The highest BCUT2D eigenvalue weighted by molar-refractivity contribution is 6.09. The first-order valence-electron chi connectivity index (χ1n) is 13.2. The summed E-state index contributed by atoms with van der Waals surface area (Å²) in [7, 11) is 6.55. The maximum absolute atomic E-state index is 13.1. The number of aromatic nitrogens is 4. The molecule has 0 radical (unpaired) electrons. The molecule has 0 saturated heterocycles. The molecule has 0 aliphatic carbocycles. The monoisotopic (exact) mass is 639 g/mol. The van der Waals surface area contributed by atoms with Gasteiger partial charge in [0.15, 0.2) is 0 Å². The van der Waals surface area contributed by atoms with Crippen molar-refractivity contribution in [2.45, 2.75) is 6.42 Å². The normalized spacial score (nSPS) is 10.5. The minimum atomic E-state index is -0.656. The van der Waals surface area contributed by atoms with Gasteiger partial charge < -0.3 is 51.0 Å². The number of amides is 5. The number of nitrogens with one attached hydrogen (secondary N) is 5. The third-order valence-electron chi connectivity index (χ3n) is 6.69. The largest absolute Gasteiger partial charge is 0.388 e. The van der Waals surface area contributed by atoms with Gasteiger partial charge >= 0.3 is 0 Å². The minimum Gasteiger partial charge on any atom is -0.388 e. The summed E-state index contributed by atoms with van der Waals surface area (Å²) in [5, 5.41) is 18.1. The number of carbonyl (C=O) groups is 5. The fraction of sp³-hybridized carbons (Fsp3) is 0.214. The summed E-state index contributed by atoms with van der Waals surface area (Å²) in [6, 6.07) is 5.89. The van der Waals surface area contributed by atoms with E-state index in [1.165, 1.54) is 39.6 Å². The Balaban J connectivity index is 0.00000552. The summed E-state index contributed by atoms with van der Waals surface area (Å²) in [5.74, 6) is -2.51. The fourth-order valence-electron chi connectivity index (χ4n) is 4.49. The van der Waals surface area contributed by atoms with E-state index in [1.54, 1.807) is 55.9 Å². The van der Waals surface area contributed by atoms with Crippen molar-refractivity contribution in [2.75, 3.05) is 22.5 Å². The van der Waals surface area contributed by atoms with E-state index >= 15 is 0 Å². The van der Waals surface area contributed by atoms with Crippen LogP contribution in [-0.4, -0.2) is 60.2 Å². The third kappa shape index (κ3) is 7.80. The predicted molar refractivity (Wildman–Crippen MR) is 170 cm³/mol. The molecule has 45 heavy (non-hydrogen) atoms. The SMILES string of the molecule is Cl.Cn1cc(NC(=O)c2cc(NC(=O)c3cc(NC(=O)c4cc(C(N)=O)cn4C)cn3C)cn2C)cc1C(=O)NCCC(=N)N. The van der Waals surface area contributed by atoms with E-state index in [9.17, 15) is 24.0 Å². The Hall–Kier alpha value is -5.77. The summed E-state index contributed by atoms with van der Waals surface area (Å²) >= 11 is 0. The van der Waals surface area contributed by atoms with Crippen molar-refractivity contribution in [1.82, 2.24) is 23.6 Å². The van der Waals surface area contributed by atoms with Crippen LogP contribution in [-0.2, 0) is 28.2 Å². The number of halogens is 1. The average Bonchev–Trinajstić information content (AvgIpc) is 3.69. The van der Waals surface area contributed by atoms with Gasteiger partial charge in [-0.1, -0.05) is 0 Å². The molecule has 0 aliphatic heterocycles.